The van der Waals surface area contributed by atoms with Gasteiger partial charge < -0.3 is 10.0 Å². The summed E-state index contributed by atoms with van der Waals surface area (Å²) in [6.45, 7) is 2.51. The van der Waals surface area contributed by atoms with Gasteiger partial charge >= 0.3 is 0 Å². The lowest BCUT2D eigenvalue weighted by atomic mass is 10.0. The maximum Gasteiger partial charge on any atom is 0.0499 e. The zero-order valence-electron chi connectivity index (χ0n) is 12.0. The predicted molar refractivity (Wildman–Crippen MR) is 78.4 cm³/mol. The maximum atomic E-state index is 9.37. The van der Waals surface area contributed by atoms with Crippen LogP contribution in [0.15, 0.2) is 18.2 Å². The van der Waals surface area contributed by atoms with Crippen LogP contribution in [0.5, 0.6) is 0 Å². The second kappa shape index (κ2) is 5.26. The first-order chi connectivity index (χ1) is 9.21. The Balaban J connectivity index is 1.51. The smallest absolute Gasteiger partial charge is 0.0499 e. The number of benzene rings is 1. The van der Waals surface area contributed by atoms with E-state index in [0.717, 1.165) is 19.5 Å². The molecule has 1 aromatic rings. The zero-order valence-corrected chi connectivity index (χ0v) is 12.0. The summed E-state index contributed by atoms with van der Waals surface area (Å²) >= 11 is 0. The van der Waals surface area contributed by atoms with E-state index >= 15 is 0 Å². The summed E-state index contributed by atoms with van der Waals surface area (Å²) in [4.78, 5) is 2.39. The van der Waals surface area contributed by atoms with E-state index in [9.17, 15) is 5.11 Å². The molecule has 0 bridgehead atoms. The summed E-state index contributed by atoms with van der Waals surface area (Å²) in [5, 5.41) is 9.37. The third kappa shape index (κ3) is 3.01. The molecule has 0 unspecified atom stereocenters. The fourth-order valence-corrected chi connectivity index (χ4v) is 3.30. The van der Waals surface area contributed by atoms with Crippen molar-refractivity contribution in [2.24, 2.45) is 5.41 Å². The van der Waals surface area contributed by atoms with Crippen molar-refractivity contribution in [2.45, 2.75) is 38.5 Å². The molecule has 0 atom stereocenters. The molecule has 3 rings (SSSR count). The van der Waals surface area contributed by atoms with Crippen LogP contribution < -0.4 is 0 Å². The molecule has 0 radical (unpaired) electrons. The minimum absolute atomic E-state index is 0.243. The van der Waals surface area contributed by atoms with E-state index in [0.29, 0.717) is 6.61 Å². The van der Waals surface area contributed by atoms with Gasteiger partial charge in [-0.2, -0.15) is 0 Å². The van der Waals surface area contributed by atoms with Gasteiger partial charge in [-0.15, -0.1) is 0 Å². The molecule has 2 aliphatic carbocycles. The van der Waals surface area contributed by atoms with Gasteiger partial charge in [-0.1, -0.05) is 18.2 Å². The Morgan fingerprint density at radius 2 is 2.00 bits per heavy atom. The van der Waals surface area contributed by atoms with Crippen molar-refractivity contribution < 1.29 is 5.11 Å². The fraction of sp³-hybridized carbons (Fsp3) is 0.647. The molecule has 0 aliphatic heterocycles. The summed E-state index contributed by atoms with van der Waals surface area (Å²) in [6, 6.07) is 7.04. The third-order valence-electron chi connectivity index (χ3n) is 4.84. The molecule has 1 aromatic carbocycles. The van der Waals surface area contributed by atoms with Crippen molar-refractivity contribution in [3.05, 3.63) is 34.9 Å². The molecule has 19 heavy (non-hydrogen) atoms. The molecule has 2 aliphatic rings. The molecule has 1 saturated carbocycles. The average molecular weight is 259 g/mol. The Bertz CT molecular complexity index is 451. The second-order valence-corrected chi connectivity index (χ2v) is 6.60. The first-order valence-electron chi connectivity index (χ1n) is 7.61. The Labute approximate surface area is 116 Å². The molecule has 104 valence electrons. The van der Waals surface area contributed by atoms with Crippen LogP contribution in [0.3, 0.4) is 0 Å². The Morgan fingerprint density at radius 3 is 2.74 bits per heavy atom. The highest BCUT2D eigenvalue weighted by Gasteiger charge is 2.42. The molecule has 0 spiro atoms. The highest BCUT2D eigenvalue weighted by molar-refractivity contribution is 5.35. The summed E-state index contributed by atoms with van der Waals surface area (Å²) in [7, 11) is 2.18. The molecule has 1 N–H and O–H groups in total. The van der Waals surface area contributed by atoms with Gasteiger partial charge in [-0.25, -0.2) is 0 Å². The lowest BCUT2D eigenvalue weighted by molar-refractivity contribution is 0.165. The zero-order chi connectivity index (χ0) is 13.3. The molecule has 0 amide bonds. The van der Waals surface area contributed by atoms with E-state index in [4.69, 9.17) is 0 Å². The number of aliphatic hydroxyl groups excluding tert-OH is 1. The van der Waals surface area contributed by atoms with E-state index < -0.39 is 0 Å². The third-order valence-corrected chi connectivity index (χ3v) is 4.84. The molecule has 2 heteroatoms. The number of nitrogens with zero attached hydrogens (tertiary/aromatic N) is 1. The van der Waals surface area contributed by atoms with Crippen LogP contribution in [0, 0.1) is 5.41 Å². The predicted octanol–water partition coefficient (Wildman–Crippen LogP) is 2.42. The monoisotopic (exact) mass is 259 g/mol. The van der Waals surface area contributed by atoms with Crippen LogP contribution in [0.1, 0.15) is 36.0 Å². The van der Waals surface area contributed by atoms with Crippen molar-refractivity contribution in [1.29, 1.82) is 0 Å². The van der Waals surface area contributed by atoms with E-state index in [-0.39, 0.29) is 5.41 Å². The van der Waals surface area contributed by atoms with E-state index in [1.165, 1.54) is 37.7 Å². The lowest BCUT2D eigenvalue weighted by Crippen LogP contribution is -2.30. The maximum absolute atomic E-state index is 9.37. The molecule has 2 nitrogen and oxygen atoms in total. The summed E-state index contributed by atoms with van der Waals surface area (Å²) < 4.78 is 0. The SMILES string of the molecule is CN(CCc1ccc2c(c1)CCC2)CC1(CO)CC1. The fourth-order valence-electron chi connectivity index (χ4n) is 3.30. The first-order valence-corrected chi connectivity index (χ1v) is 7.61. The van der Waals surface area contributed by atoms with E-state index in [1.54, 1.807) is 11.1 Å². The number of rotatable bonds is 6. The molecule has 0 aromatic heterocycles. The van der Waals surface area contributed by atoms with Crippen LogP contribution in [0.4, 0.5) is 0 Å². The molecule has 0 saturated heterocycles. The molecule has 0 heterocycles. The van der Waals surface area contributed by atoms with Crippen LogP contribution in [-0.4, -0.2) is 36.8 Å². The van der Waals surface area contributed by atoms with Gasteiger partial charge in [0, 0.05) is 25.1 Å². The number of hydrogen-bond donors (Lipinski definition) is 1. The molecular formula is C17H25NO. The van der Waals surface area contributed by atoms with Gasteiger partial charge in [0.15, 0.2) is 0 Å². The van der Waals surface area contributed by atoms with Crippen molar-refractivity contribution in [3.63, 3.8) is 0 Å². The summed E-state index contributed by atoms with van der Waals surface area (Å²) in [6.07, 6.45) is 7.41. The highest BCUT2D eigenvalue weighted by Crippen LogP contribution is 2.45. The number of fused-ring (bicyclic) bond motifs is 1. The number of likely N-dealkylation sites (N-methyl/N-ethyl adjacent to an activating group) is 1. The van der Waals surface area contributed by atoms with Gasteiger partial charge in [0.1, 0.15) is 0 Å². The van der Waals surface area contributed by atoms with Crippen LogP contribution in [0.2, 0.25) is 0 Å². The minimum Gasteiger partial charge on any atom is -0.396 e. The Hall–Kier alpha value is -0.860. The quantitative estimate of drug-likeness (QED) is 0.848. The average Bonchev–Trinajstić information content (AvgIpc) is 3.03. The number of hydrogen-bond acceptors (Lipinski definition) is 2. The van der Waals surface area contributed by atoms with E-state index in [2.05, 4.69) is 30.1 Å². The van der Waals surface area contributed by atoms with E-state index in [1.807, 2.05) is 0 Å². The van der Waals surface area contributed by atoms with Crippen molar-refractivity contribution in [1.82, 2.24) is 4.90 Å². The van der Waals surface area contributed by atoms with Crippen LogP contribution >= 0.6 is 0 Å². The topological polar surface area (TPSA) is 23.5 Å². The van der Waals surface area contributed by atoms with Crippen LogP contribution in [0.25, 0.3) is 0 Å². The Morgan fingerprint density at radius 1 is 1.21 bits per heavy atom. The number of aliphatic hydroxyl groups is 1. The van der Waals surface area contributed by atoms with Gasteiger partial charge in [-0.05, 0) is 62.3 Å². The van der Waals surface area contributed by atoms with Gasteiger partial charge in [0.25, 0.3) is 0 Å². The lowest BCUT2D eigenvalue weighted by Gasteiger charge is -2.22. The van der Waals surface area contributed by atoms with Crippen molar-refractivity contribution in [3.8, 4) is 0 Å². The Kier molecular flexibility index (Phi) is 3.64. The second-order valence-electron chi connectivity index (χ2n) is 6.60. The number of aryl methyl sites for hydroxylation is 2. The summed E-state index contributed by atoms with van der Waals surface area (Å²) in [5.41, 5.74) is 4.86. The van der Waals surface area contributed by atoms with Gasteiger partial charge in [-0.3, -0.25) is 0 Å². The van der Waals surface area contributed by atoms with Crippen molar-refractivity contribution >= 4 is 0 Å². The van der Waals surface area contributed by atoms with Gasteiger partial charge in [0.05, 0.1) is 0 Å². The standard InChI is InChI=1S/C17H25NO/c1-18(12-17(13-19)8-9-17)10-7-14-5-6-15-3-2-4-16(15)11-14/h5-6,11,19H,2-4,7-10,12-13H2,1H3. The van der Waals surface area contributed by atoms with Crippen LogP contribution in [-0.2, 0) is 19.3 Å². The summed E-state index contributed by atoms with van der Waals surface area (Å²) in [5.74, 6) is 0. The first kappa shape index (κ1) is 13.1. The molecule has 1 fully saturated rings. The minimum atomic E-state index is 0.243. The normalized spacial score (nSPS) is 19.7. The van der Waals surface area contributed by atoms with Crippen molar-refractivity contribution in [2.75, 3.05) is 26.7 Å². The largest absolute Gasteiger partial charge is 0.396 e. The van der Waals surface area contributed by atoms with Gasteiger partial charge in [0.2, 0.25) is 0 Å². The highest BCUT2D eigenvalue weighted by atomic mass is 16.3. The molecular weight excluding hydrogens is 234 g/mol.